The molecular formula is C19H28N6O2. The molecule has 0 saturated carbocycles. The highest BCUT2D eigenvalue weighted by molar-refractivity contribution is 5.74. The maximum atomic E-state index is 12.4. The molecular weight excluding hydrogens is 344 g/mol. The fourth-order valence-electron chi connectivity index (χ4n) is 3.21. The van der Waals surface area contributed by atoms with E-state index in [0.29, 0.717) is 19.2 Å². The average Bonchev–Trinajstić information content (AvgIpc) is 3.29. The molecule has 2 aromatic heterocycles. The summed E-state index contributed by atoms with van der Waals surface area (Å²) < 4.78 is 7.75. The smallest absolute Gasteiger partial charge is 0.315 e. The van der Waals surface area contributed by atoms with Crippen molar-refractivity contribution in [2.45, 2.75) is 45.0 Å². The van der Waals surface area contributed by atoms with Gasteiger partial charge in [0.1, 0.15) is 11.9 Å². The number of ether oxygens (including phenoxy) is 1. The summed E-state index contributed by atoms with van der Waals surface area (Å²) in [5, 5.41) is 10.3. The number of pyridine rings is 1. The number of urea groups is 1. The van der Waals surface area contributed by atoms with Crippen molar-refractivity contribution in [3.05, 3.63) is 41.9 Å². The van der Waals surface area contributed by atoms with E-state index in [1.807, 2.05) is 48.2 Å². The van der Waals surface area contributed by atoms with Crippen molar-refractivity contribution in [2.75, 3.05) is 25.6 Å². The van der Waals surface area contributed by atoms with Gasteiger partial charge in [0.25, 0.3) is 0 Å². The van der Waals surface area contributed by atoms with E-state index in [-0.39, 0.29) is 18.2 Å². The van der Waals surface area contributed by atoms with Gasteiger partial charge in [-0.1, -0.05) is 6.07 Å². The summed E-state index contributed by atoms with van der Waals surface area (Å²) >= 11 is 0. The maximum absolute atomic E-state index is 12.4. The number of hydrogen-bond donors (Lipinski definition) is 2. The number of hydrogen-bond acceptors (Lipinski definition) is 5. The molecule has 1 aliphatic rings. The van der Waals surface area contributed by atoms with Crippen molar-refractivity contribution in [3.63, 3.8) is 0 Å². The second-order valence-electron chi connectivity index (χ2n) is 7.24. The largest absolute Gasteiger partial charge is 0.371 e. The summed E-state index contributed by atoms with van der Waals surface area (Å²) in [6, 6.07) is 3.84. The number of amides is 2. The molecule has 2 aromatic rings. The highest BCUT2D eigenvalue weighted by atomic mass is 16.5. The maximum Gasteiger partial charge on any atom is 0.315 e. The standard InChI is InChI=1S/C19H28N6O2/c1-13(2)25-12-15(11-22-25)17-16(7-9-27-17)23-19(26)21-10-14-6-5-8-20-18(14)24(3)4/h5-6,8,11-13,16-17H,7,9-10H2,1-4H3,(H2,21,23,26)/t16-,17+/m1/s1. The number of rotatable bonds is 6. The lowest BCUT2D eigenvalue weighted by Crippen LogP contribution is -2.43. The molecule has 3 heterocycles. The molecule has 0 radical (unpaired) electrons. The molecule has 2 atom stereocenters. The zero-order chi connectivity index (χ0) is 19.4. The number of anilines is 1. The van der Waals surface area contributed by atoms with E-state index < -0.39 is 0 Å². The Morgan fingerprint density at radius 3 is 2.96 bits per heavy atom. The summed E-state index contributed by atoms with van der Waals surface area (Å²) in [5.74, 6) is 0.848. The monoisotopic (exact) mass is 372 g/mol. The zero-order valence-electron chi connectivity index (χ0n) is 16.3. The SMILES string of the molecule is CC(C)n1cc([C@@H]2OCC[C@H]2NC(=O)NCc2cccnc2N(C)C)cn1. The summed E-state index contributed by atoms with van der Waals surface area (Å²) in [6.45, 7) is 5.19. The Morgan fingerprint density at radius 2 is 2.26 bits per heavy atom. The van der Waals surface area contributed by atoms with Crippen molar-refractivity contribution in [2.24, 2.45) is 0 Å². The predicted octanol–water partition coefficient (Wildman–Crippen LogP) is 2.25. The normalized spacial score (nSPS) is 19.3. The second-order valence-corrected chi connectivity index (χ2v) is 7.24. The van der Waals surface area contributed by atoms with Crippen molar-refractivity contribution in [1.82, 2.24) is 25.4 Å². The van der Waals surface area contributed by atoms with Crippen molar-refractivity contribution in [3.8, 4) is 0 Å². The Hall–Kier alpha value is -2.61. The Labute approximate surface area is 159 Å². The molecule has 8 heteroatoms. The van der Waals surface area contributed by atoms with Crippen molar-refractivity contribution < 1.29 is 9.53 Å². The molecule has 0 aliphatic carbocycles. The minimum absolute atomic E-state index is 0.0722. The van der Waals surface area contributed by atoms with Crippen LogP contribution in [0.2, 0.25) is 0 Å². The van der Waals surface area contributed by atoms with Gasteiger partial charge in [0, 0.05) is 56.8 Å². The quantitative estimate of drug-likeness (QED) is 0.812. The third-order valence-corrected chi connectivity index (χ3v) is 4.62. The molecule has 1 aliphatic heterocycles. The van der Waals surface area contributed by atoms with Crippen LogP contribution < -0.4 is 15.5 Å². The predicted molar refractivity (Wildman–Crippen MR) is 104 cm³/mol. The van der Waals surface area contributed by atoms with Crippen molar-refractivity contribution >= 4 is 11.8 Å². The van der Waals surface area contributed by atoms with Gasteiger partial charge < -0.3 is 20.3 Å². The van der Waals surface area contributed by atoms with Crippen LogP contribution in [0, 0.1) is 0 Å². The van der Waals surface area contributed by atoms with Gasteiger partial charge in [-0.15, -0.1) is 0 Å². The van der Waals surface area contributed by atoms with Crippen LogP contribution in [0.4, 0.5) is 10.6 Å². The molecule has 1 fully saturated rings. The van der Waals surface area contributed by atoms with Gasteiger partial charge >= 0.3 is 6.03 Å². The lowest BCUT2D eigenvalue weighted by Gasteiger charge is -2.20. The van der Waals surface area contributed by atoms with Crippen LogP contribution >= 0.6 is 0 Å². The lowest BCUT2D eigenvalue weighted by molar-refractivity contribution is 0.0998. The van der Waals surface area contributed by atoms with Gasteiger partial charge in [-0.3, -0.25) is 4.68 Å². The van der Waals surface area contributed by atoms with Crippen LogP contribution in [0.5, 0.6) is 0 Å². The Morgan fingerprint density at radius 1 is 1.44 bits per heavy atom. The molecule has 2 amide bonds. The molecule has 146 valence electrons. The molecule has 2 N–H and O–H groups in total. The van der Waals surface area contributed by atoms with Crippen LogP contribution in [0.1, 0.15) is 43.5 Å². The highest BCUT2D eigenvalue weighted by Gasteiger charge is 2.32. The number of carbonyl (C=O) groups is 1. The fraction of sp³-hybridized carbons (Fsp3) is 0.526. The summed E-state index contributed by atoms with van der Waals surface area (Å²) in [6.07, 6.45) is 6.17. The summed E-state index contributed by atoms with van der Waals surface area (Å²) in [7, 11) is 3.87. The van der Waals surface area contributed by atoms with Gasteiger partial charge in [0.15, 0.2) is 0 Å². The van der Waals surface area contributed by atoms with E-state index >= 15 is 0 Å². The molecule has 0 aromatic carbocycles. The molecule has 8 nitrogen and oxygen atoms in total. The molecule has 0 bridgehead atoms. The first kappa shape index (κ1) is 19.2. The minimum Gasteiger partial charge on any atom is -0.371 e. The van der Waals surface area contributed by atoms with E-state index in [4.69, 9.17) is 4.74 Å². The molecule has 0 unspecified atom stereocenters. The van der Waals surface area contributed by atoms with E-state index in [1.54, 1.807) is 6.20 Å². The summed E-state index contributed by atoms with van der Waals surface area (Å²) in [5.41, 5.74) is 1.96. The van der Waals surface area contributed by atoms with Crippen LogP contribution in [-0.2, 0) is 11.3 Å². The first-order chi connectivity index (χ1) is 13.0. The van der Waals surface area contributed by atoms with Gasteiger partial charge in [0.05, 0.1) is 12.2 Å². The first-order valence-corrected chi connectivity index (χ1v) is 9.27. The third-order valence-electron chi connectivity index (χ3n) is 4.62. The Kier molecular flexibility index (Phi) is 5.95. The van der Waals surface area contributed by atoms with Gasteiger partial charge in [0.2, 0.25) is 0 Å². The average molecular weight is 372 g/mol. The first-order valence-electron chi connectivity index (χ1n) is 9.27. The Balaban J connectivity index is 1.58. The van der Waals surface area contributed by atoms with Crippen molar-refractivity contribution in [1.29, 1.82) is 0 Å². The van der Waals surface area contributed by atoms with Crippen LogP contribution in [-0.4, -0.2) is 47.5 Å². The Bertz CT molecular complexity index is 773. The highest BCUT2D eigenvalue weighted by Crippen LogP contribution is 2.29. The van der Waals surface area contributed by atoms with Gasteiger partial charge in [-0.05, 0) is 26.3 Å². The number of carbonyl (C=O) groups excluding carboxylic acids is 1. The fourth-order valence-corrected chi connectivity index (χ4v) is 3.21. The van der Waals surface area contributed by atoms with Crippen LogP contribution in [0.25, 0.3) is 0 Å². The number of nitrogens with one attached hydrogen (secondary N) is 2. The van der Waals surface area contributed by atoms with E-state index in [1.165, 1.54) is 0 Å². The summed E-state index contributed by atoms with van der Waals surface area (Å²) in [4.78, 5) is 18.7. The number of nitrogens with zero attached hydrogens (tertiary/aromatic N) is 4. The molecule has 1 saturated heterocycles. The van der Waals surface area contributed by atoms with E-state index in [0.717, 1.165) is 23.4 Å². The zero-order valence-corrected chi connectivity index (χ0v) is 16.3. The second kappa shape index (κ2) is 8.39. The van der Waals surface area contributed by atoms with Crippen LogP contribution in [0.15, 0.2) is 30.7 Å². The topological polar surface area (TPSA) is 84.3 Å². The van der Waals surface area contributed by atoms with E-state index in [2.05, 4.69) is 34.6 Å². The molecule has 27 heavy (non-hydrogen) atoms. The molecule has 3 rings (SSSR count). The van der Waals surface area contributed by atoms with Gasteiger partial charge in [-0.2, -0.15) is 5.10 Å². The van der Waals surface area contributed by atoms with Crippen LogP contribution in [0.3, 0.4) is 0 Å². The minimum atomic E-state index is -0.208. The lowest BCUT2D eigenvalue weighted by atomic mass is 10.1. The molecule has 0 spiro atoms. The third kappa shape index (κ3) is 4.57. The van der Waals surface area contributed by atoms with Gasteiger partial charge in [-0.25, -0.2) is 9.78 Å². The number of aromatic nitrogens is 3. The van der Waals surface area contributed by atoms with E-state index in [9.17, 15) is 4.79 Å².